The lowest BCUT2D eigenvalue weighted by molar-refractivity contribution is 0.125. The summed E-state index contributed by atoms with van der Waals surface area (Å²) < 4.78 is 28.6. The highest BCUT2D eigenvalue weighted by Crippen LogP contribution is 2.26. The van der Waals surface area contributed by atoms with Gasteiger partial charge in [0, 0.05) is 6.04 Å². The number of ether oxygens (including phenoxy) is 1. The van der Waals surface area contributed by atoms with Gasteiger partial charge in [-0.2, -0.15) is 4.98 Å². The van der Waals surface area contributed by atoms with Gasteiger partial charge in [0.15, 0.2) is 9.84 Å². The number of nitrogens with two attached hydrogens (primary N) is 1. The fraction of sp³-hybridized carbons (Fsp3) is 0.615. The van der Waals surface area contributed by atoms with Crippen LogP contribution in [0.3, 0.4) is 0 Å². The molecule has 1 atom stereocenters. The summed E-state index contributed by atoms with van der Waals surface area (Å²) in [6, 6.07) is 3.34. The fourth-order valence-electron chi connectivity index (χ4n) is 2.02. The molecule has 2 rings (SSSR count). The molecule has 0 bridgehead atoms. The van der Waals surface area contributed by atoms with Crippen LogP contribution in [0.1, 0.15) is 27.2 Å². The normalized spacial score (nSPS) is 21.6. The van der Waals surface area contributed by atoms with Crippen molar-refractivity contribution in [3.05, 3.63) is 12.1 Å². The Morgan fingerprint density at radius 1 is 1.40 bits per heavy atom. The van der Waals surface area contributed by atoms with Crippen LogP contribution in [0.5, 0.6) is 5.88 Å². The van der Waals surface area contributed by atoms with E-state index >= 15 is 0 Å². The maximum Gasteiger partial charge on any atom is 0.239 e. The molecule has 0 saturated carbocycles. The van der Waals surface area contributed by atoms with Crippen LogP contribution in [0.15, 0.2) is 12.1 Å². The second kappa shape index (κ2) is 5.12. The molecule has 1 unspecified atom stereocenters. The Labute approximate surface area is 119 Å². The zero-order valence-corrected chi connectivity index (χ0v) is 12.8. The van der Waals surface area contributed by atoms with E-state index in [-0.39, 0.29) is 17.5 Å². The van der Waals surface area contributed by atoms with Gasteiger partial charge in [-0.1, -0.05) is 0 Å². The lowest BCUT2D eigenvalue weighted by Crippen LogP contribution is -2.25. The van der Waals surface area contributed by atoms with E-state index in [1.165, 1.54) is 0 Å². The zero-order valence-electron chi connectivity index (χ0n) is 12.0. The Balaban J connectivity index is 2.12. The molecule has 0 aromatic carbocycles. The molecule has 20 heavy (non-hydrogen) atoms. The highest BCUT2D eigenvalue weighted by molar-refractivity contribution is 7.91. The van der Waals surface area contributed by atoms with Gasteiger partial charge < -0.3 is 15.8 Å². The van der Waals surface area contributed by atoms with Gasteiger partial charge in [-0.15, -0.1) is 0 Å². The van der Waals surface area contributed by atoms with Crippen LogP contribution >= 0.6 is 0 Å². The Kier molecular flexibility index (Phi) is 3.82. The molecule has 1 fully saturated rings. The summed E-state index contributed by atoms with van der Waals surface area (Å²) in [7, 11) is -2.91. The van der Waals surface area contributed by atoms with Gasteiger partial charge in [0.05, 0.1) is 17.2 Å². The van der Waals surface area contributed by atoms with Crippen molar-refractivity contribution in [3.8, 4) is 5.88 Å². The Hall–Kier alpha value is -1.50. The molecule has 2 heterocycles. The highest BCUT2D eigenvalue weighted by atomic mass is 32.2. The number of aromatic nitrogens is 1. The van der Waals surface area contributed by atoms with E-state index in [1.54, 1.807) is 12.1 Å². The number of nitrogens with one attached hydrogen (secondary N) is 1. The van der Waals surface area contributed by atoms with Crippen molar-refractivity contribution in [2.24, 2.45) is 0 Å². The van der Waals surface area contributed by atoms with Crippen LogP contribution in [0.25, 0.3) is 0 Å². The molecule has 3 N–H and O–H groups in total. The quantitative estimate of drug-likeness (QED) is 0.877. The highest BCUT2D eigenvalue weighted by Gasteiger charge is 2.28. The van der Waals surface area contributed by atoms with Crippen LogP contribution in [0, 0.1) is 0 Å². The number of pyridine rings is 1. The maximum absolute atomic E-state index is 11.4. The monoisotopic (exact) mass is 299 g/mol. The minimum absolute atomic E-state index is 0.0985. The van der Waals surface area contributed by atoms with E-state index in [4.69, 9.17) is 10.5 Å². The number of hydrogen-bond donors (Lipinski definition) is 2. The third-order valence-corrected chi connectivity index (χ3v) is 4.64. The second-order valence-electron chi connectivity index (χ2n) is 6.05. The molecule has 1 aliphatic rings. The van der Waals surface area contributed by atoms with E-state index in [9.17, 15) is 8.42 Å². The number of hydrogen-bond acceptors (Lipinski definition) is 6. The molecule has 0 spiro atoms. The second-order valence-corrected chi connectivity index (χ2v) is 8.28. The molecule has 1 saturated heterocycles. The molecule has 0 radical (unpaired) electrons. The summed E-state index contributed by atoms with van der Waals surface area (Å²) in [5, 5.41) is 3.12. The summed E-state index contributed by atoms with van der Waals surface area (Å²) in [5.74, 6) is 1.32. The molecular formula is C13H21N3O3S. The zero-order chi connectivity index (χ0) is 15.0. The number of nitrogens with zero attached hydrogens (tertiary/aromatic N) is 1. The van der Waals surface area contributed by atoms with Gasteiger partial charge >= 0.3 is 0 Å². The van der Waals surface area contributed by atoms with E-state index in [1.807, 2.05) is 20.8 Å². The van der Waals surface area contributed by atoms with Gasteiger partial charge in [-0.05, 0) is 39.3 Å². The Morgan fingerprint density at radius 2 is 2.10 bits per heavy atom. The van der Waals surface area contributed by atoms with E-state index < -0.39 is 15.4 Å². The minimum atomic E-state index is -2.91. The first kappa shape index (κ1) is 14.9. The standard InChI is InChI=1S/C13H21N3O3S/c1-13(2,3)19-12-10(14)4-5-11(16-12)15-9-6-7-20(17,18)8-9/h4-5,9H,6-8,14H2,1-3H3,(H,15,16). The Bertz CT molecular complexity index is 593. The van der Waals surface area contributed by atoms with Crippen LogP contribution in [-0.4, -0.2) is 36.6 Å². The van der Waals surface area contributed by atoms with Crippen LogP contribution in [0.2, 0.25) is 0 Å². The van der Waals surface area contributed by atoms with Gasteiger partial charge in [-0.25, -0.2) is 8.42 Å². The molecular weight excluding hydrogens is 278 g/mol. The first-order chi connectivity index (χ1) is 9.15. The van der Waals surface area contributed by atoms with Crippen LogP contribution in [-0.2, 0) is 9.84 Å². The SMILES string of the molecule is CC(C)(C)Oc1nc(NC2CCS(=O)(=O)C2)ccc1N. The summed E-state index contributed by atoms with van der Waals surface area (Å²) >= 11 is 0. The lowest BCUT2D eigenvalue weighted by Gasteiger charge is -2.22. The largest absolute Gasteiger partial charge is 0.470 e. The average molecular weight is 299 g/mol. The number of rotatable bonds is 3. The fourth-order valence-corrected chi connectivity index (χ4v) is 3.69. The van der Waals surface area contributed by atoms with Crippen molar-refractivity contribution in [3.63, 3.8) is 0 Å². The van der Waals surface area contributed by atoms with Crippen molar-refractivity contribution in [2.75, 3.05) is 22.6 Å². The van der Waals surface area contributed by atoms with Crippen molar-refractivity contribution in [1.82, 2.24) is 4.98 Å². The first-order valence-corrected chi connectivity index (χ1v) is 8.39. The summed E-state index contributed by atoms with van der Waals surface area (Å²) in [5.41, 5.74) is 5.91. The number of anilines is 2. The molecule has 1 aromatic rings. The summed E-state index contributed by atoms with van der Waals surface area (Å²) in [6.45, 7) is 5.74. The molecule has 6 nitrogen and oxygen atoms in total. The van der Waals surface area contributed by atoms with E-state index in [2.05, 4.69) is 10.3 Å². The van der Waals surface area contributed by atoms with Gasteiger partial charge in [0.1, 0.15) is 11.4 Å². The van der Waals surface area contributed by atoms with Crippen molar-refractivity contribution in [1.29, 1.82) is 0 Å². The van der Waals surface area contributed by atoms with Gasteiger partial charge in [0.25, 0.3) is 0 Å². The number of nitrogen functional groups attached to an aromatic ring is 1. The molecule has 1 aliphatic heterocycles. The van der Waals surface area contributed by atoms with E-state index in [0.29, 0.717) is 23.8 Å². The maximum atomic E-state index is 11.4. The van der Waals surface area contributed by atoms with Crippen LogP contribution < -0.4 is 15.8 Å². The molecule has 112 valence electrons. The number of sulfone groups is 1. The summed E-state index contributed by atoms with van der Waals surface area (Å²) in [6.07, 6.45) is 0.601. The molecule has 0 amide bonds. The Morgan fingerprint density at radius 3 is 2.65 bits per heavy atom. The average Bonchev–Trinajstić information content (AvgIpc) is 2.61. The third-order valence-electron chi connectivity index (χ3n) is 2.88. The van der Waals surface area contributed by atoms with Crippen molar-refractivity contribution >= 4 is 21.3 Å². The van der Waals surface area contributed by atoms with Gasteiger partial charge in [-0.3, -0.25) is 0 Å². The molecule has 1 aromatic heterocycles. The minimum Gasteiger partial charge on any atom is -0.470 e. The molecule has 7 heteroatoms. The lowest BCUT2D eigenvalue weighted by atomic mass is 10.2. The predicted octanol–water partition coefficient (Wildman–Crippen LogP) is 1.44. The van der Waals surface area contributed by atoms with Crippen molar-refractivity contribution in [2.45, 2.75) is 38.8 Å². The smallest absolute Gasteiger partial charge is 0.239 e. The first-order valence-electron chi connectivity index (χ1n) is 6.57. The predicted molar refractivity (Wildman–Crippen MR) is 79.7 cm³/mol. The van der Waals surface area contributed by atoms with E-state index in [0.717, 1.165) is 0 Å². The molecule has 0 aliphatic carbocycles. The van der Waals surface area contributed by atoms with Gasteiger partial charge in [0.2, 0.25) is 5.88 Å². The topological polar surface area (TPSA) is 94.3 Å². The summed E-state index contributed by atoms with van der Waals surface area (Å²) in [4.78, 5) is 4.32. The third kappa shape index (κ3) is 4.00. The van der Waals surface area contributed by atoms with Crippen LogP contribution in [0.4, 0.5) is 11.5 Å². The van der Waals surface area contributed by atoms with Crippen molar-refractivity contribution < 1.29 is 13.2 Å².